The van der Waals surface area contributed by atoms with Gasteiger partial charge < -0.3 is 10.4 Å². The van der Waals surface area contributed by atoms with Crippen LogP contribution >= 0.6 is 0 Å². The molecule has 0 aliphatic rings. The molecule has 1 aromatic heterocycles. The van der Waals surface area contributed by atoms with E-state index in [2.05, 4.69) is 20.1 Å². The van der Waals surface area contributed by atoms with Gasteiger partial charge in [0.05, 0.1) is 18.0 Å². The normalized spacial score (nSPS) is 12.8. The molecule has 0 aliphatic carbocycles. The quantitative estimate of drug-likeness (QED) is 0.580. The summed E-state index contributed by atoms with van der Waals surface area (Å²) in [5.41, 5.74) is 0.349. The zero-order chi connectivity index (χ0) is 17.6. The van der Waals surface area contributed by atoms with Gasteiger partial charge in [0, 0.05) is 18.2 Å². The molecule has 1 heterocycles. The van der Waals surface area contributed by atoms with Gasteiger partial charge in [0.2, 0.25) is 10.0 Å². The third kappa shape index (κ3) is 4.85. The van der Waals surface area contributed by atoms with Crippen LogP contribution < -0.4 is 10.0 Å². The van der Waals surface area contributed by atoms with Crippen molar-refractivity contribution in [2.45, 2.75) is 24.4 Å². The number of aliphatic hydroxyl groups excluding tert-OH is 1. The van der Waals surface area contributed by atoms with Crippen molar-refractivity contribution < 1.29 is 18.3 Å². The molecule has 2 rings (SSSR count). The Hall–Kier alpha value is -2.30. The van der Waals surface area contributed by atoms with Crippen LogP contribution in [0.15, 0.2) is 41.8 Å². The Morgan fingerprint density at radius 2 is 2.04 bits per heavy atom. The Labute approximate surface area is 139 Å². The second-order valence-corrected chi connectivity index (χ2v) is 6.90. The van der Waals surface area contributed by atoms with Crippen molar-refractivity contribution >= 4 is 15.9 Å². The van der Waals surface area contributed by atoms with Gasteiger partial charge in [-0.05, 0) is 31.2 Å². The zero-order valence-corrected chi connectivity index (χ0v) is 13.9. The number of carbonyl (C=O) groups is 1. The number of hydrogen-bond acceptors (Lipinski definition) is 6. The summed E-state index contributed by atoms with van der Waals surface area (Å²) < 4.78 is 27.6. The van der Waals surface area contributed by atoms with Gasteiger partial charge in [-0.25, -0.2) is 18.1 Å². The van der Waals surface area contributed by atoms with Crippen LogP contribution in [0.25, 0.3) is 0 Å². The number of hydrogen-bond donors (Lipinski definition) is 3. The molecule has 2 aromatic rings. The largest absolute Gasteiger partial charge is 0.395 e. The van der Waals surface area contributed by atoms with E-state index in [1.54, 1.807) is 11.0 Å². The Morgan fingerprint density at radius 3 is 2.62 bits per heavy atom. The minimum absolute atomic E-state index is 0.0307. The van der Waals surface area contributed by atoms with E-state index >= 15 is 0 Å². The summed E-state index contributed by atoms with van der Waals surface area (Å²) in [5.74, 6) is -0.310. The van der Waals surface area contributed by atoms with E-state index in [4.69, 9.17) is 5.11 Å². The van der Waals surface area contributed by atoms with Crippen molar-refractivity contribution in [3.8, 4) is 0 Å². The van der Waals surface area contributed by atoms with Gasteiger partial charge in [-0.15, -0.1) is 0 Å². The number of sulfonamides is 1. The minimum atomic E-state index is -3.68. The van der Waals surface area contributed by atoms with Crippen LogP contribution in [-0.4, -0.2) is 53.4 Å². The van der Waals surface area contributed by atoms with E-state index in [1.807, 2.05) is 6.92 Å². The number of amides is 1. The molecular formula is C14H19N5O4S. The maximum absolute atomic E-state index is 12.2. The van der Waals surface area contributed by atoms with Crippen molar-refractivity contribution in [2.75, 3.05) is 13.2 Å². The fraction of sp³-hybridized carbons (Fsp3) is 0.357. The predicted octanol–water partition coefficient (Wildman–Crippen LogP) is -0.633. The van der Waals surface area contributed by atoms with Crippen LogP contribution in [0.5, 0.6) is 0 Å². The van der Waals surface area contributed by atoms with Gasteiger partial charge in [-0.2, -0.15) is 5.10 Å². The number of nitrogens with one attached hydrogen (secondary N) is 2. The molecule has 9 nitrogen and oxygen atoms in total. The highest BCUT2D eigenvalue weighted by Crippen LogP contribution is 2.10. The van der Waals surface area contributed by atoms with Crippen molar-refractivity contribution in [2.24, 2.45) is 0 Å². The second kappa shape index (κ2) is 7.99. The van der Waals surface area contributed by atoms with Gasteiger partial charge in [0.15, 0.2) is 0 Å². The summed E-state index contributed by atoms with van der Waals surface area (Å²) in [5, 5.41) is 15.4. The molecule has 24 heavy (non-hydrogen) atoms. The monoisotopic (exact) mass is 353 g/mol. The topological polar surface area (TPSA) is 126 Å². The standard InChI is InChI=1S/C14H19N5O4S/c1-11(8-19-10-15-9-16-19)18-14(21)12-2-4-13(5-3-12)24(22,23)17-6-7-20/h2-5,9-11,17,20H,6-8H2,1H3,(H,18,21). The lowest BCUT2D eigenvalue weighted by Crippen LogP contribution is -2.35. The molecule has 0 aliphatic heterocycles. The first-order valence-corrected chi connectivity index (χ1v) is 8.74. The van der Waals surface area contributed by atoms with Crippen LogP contribution in [0.4, 0.5) is 0 Å². The predicted molar refractivity (Wildman–Crippen MR) is 85.7 cm³/mol. The van der Waals surface area contributed by atoms with Crippen LogP contribution in [0.2, 0.25) is 0 Å². The third-order valence-electron chi connectivity index (χ3n) is 3.14. The second-order valence-electron chi connectivity index (χ2n) is 5.14. The Kier molecular flexibility index (Phi) is 6.01. The van der Waals surface area contributed by atoms with Gasteiger partial charge in [0.25, 0.3) is 5.91 Å². The van der Waals surface area contributed by atoms with E-state index in [-0.39, 0.29) is 30.0 Å². The lowest BCUT2D eigenvalue weighted by atomic mass is 10.2. The lowest BCUT2D eigenvalue weighted by Gasteiger charge is -2.14. The fourth-order valence-electron chi connectivity index (χ4n) is 2.01. The maximum Gasteiger partial charge on any atom is 0.251 e. The van der Waals surface area contributed by atoms with Crippen LogP contribution in [0, 0.1) is 0 Å². The third-order valence-corrected chi connectivity index (χ3v) is 4.61. The first-order chi connectivity index (χ1) is 11.4. The lowest BCUT2D eigenvalue weighted by molar-refractivity contribution is 0.0936. The molecule has 10 heteroatoms. The number of benzene rings is 1. The molecule has 0 fully saturated rings. The van der Waals surface area contributed by atoms with Gasteiger partial charge in [-0.3, -0.25) is 9.48 Å². The van der Waals surface area contributed by atoms with Gasteiger partial charge in [-0.1, -0.05) is 0 Å². The van der Waals surface area contributed by atoms with Crippen molar-refractivity contribution in [1.82, 2.24) is 24.8 Å². The molecule has 1 unspecified atom stereocenters. The van der Waals surface area contributed by atoms with E-state index in [0.29, 0.717) is 12.1 Å². The van der Waals surface area contributed by atoms with Gasteiger partial charge in [0.1, 0.15) is 12.7 Å². The average molecular weight is 353 g/mol. The minimum Gasteiger partial charge on any atom is -0.395 e. The maximum atomic E-state index is 12.2. The van der Waals surface area contributed by atoms with Crippen LogP contribution in [0.1, 0.15) is 17.3 Å². The van der Waals surface area contributed by atoms with E-state index in [9.17, 15) is 13.2 Å². The molecule has 0 bridgehead atoms. The smallest absolute Gasteiger partial charge is 0.251 e. The SMILES string of the molecule is CC(Cn1cncn1)NC(=O)c1ccc(S(=O)(=O)NCCO)cc1. The van der Waals surface area contributed by atoms with Gasteiger partial charge >= 0.3 is 0 Å². The summed E-state index contributed by atoms with van der Waals surface area (Å²) in [6.07, 6.45) is 2.97. The molecule has 0 saturated carbocycles. The number of carbonyl (C=O) groups excluding carboxylic acids is 1. The summed E-state index contributed by atoms with van der Waals surface area (Å²) in [6, 6.07) is 5.39. The molecular weight excluding hydrogens is 334 g/mol. The molecule has 130 valence electrons. The van der Waals surface area contributed by atoms with E-state index < -0.39 is 10.0 Å². The van der Waals surface area contributed by atoms with Crippen molar-refractivity contribution in [1.29, 1.82) is 0 Å². The molecule has 1 aromatic carbocycles. The highest BCUT2D eigenvalue weighted by molar-refractivity contribution is 7.89. The fourth-order valence-corrected chi connectivity index (χ4v) is 3.03. The average Bonchev–Trinajstić information content (AvgIpc) is 3.05. The highest BCUT2D eigenvalue weighted by Gasteiger charge is 2.15. The molecule has 0 spiro atoms. The number of aliphatic hydroxyl groups is 1. The first-order valence-electron chi connectivity index (χ1n) is 7.26. The van der Waals surface area contributed by atoms with E-state index in [1.165, 1.54) is 30.6 Å². The number of nitrogens with zero attached hydrogens (tertiary/aromatic N) is 3. The highest BCUT2D eigenvalue weighted by atomic mass is 32.2. The summed E-state index contributed by atoms with van der Waals surface area (Å²) in [7, 11) is -3.68. The van der Waals surface area contributed by atoms with Crippen LogP contribution in [-0.2, 0) is 16.6 Å². The molecule has 0 radical (unpaired) electrons. The number of rotatable bonds is 8. The molecule has 3 N–H and O–H groups in total. The zero-order valence-electron chi connectivity index (χ0n) is 13.1. The Morgan fingerprint density at radius 1 is 1.33 bits per heavy atom. The van der Waals surface area contributed by atoms with Crippen molar-refractivity contribution in [3.05, 3.63) is 42.5 Å². The van der Waals surface area contributed by atoms with Crippen LogP contribution in [0.3, 0.4) is 0 Å². The molecule has 1 amide bonds. The van der Waals surface area contributed by atoms with E-state index in [0.717, 1.165) is 0 Å². The molecule has 0 saturated heterocycles. The summed E-state index contributed by atoms with van der Waals surface area (Å²) >= 11 is 0. The van der Waals surface area contributed by atoms with Crippen molar-refractivity contribution in [3.63, 3.8) is 0 Å². The Bertz CT molecular complexity index is 759. The first kappa shape index (κ1) is 18.0. The summed E-state index contributed by atoms with van der Waals surface area (Å²) in [6.45, 7) is 1.95. The summed E-state index contributed by atoms with van der Waals surface area (Å²) in [4.78, 5) is 16.0. The molecule has 1 atom stereocenters. The Balaban J connectivity index is 1.98. The number of aromatic nitrogens is 3.